The number of hydrogen-bond acceptors (Lipinski definition) is 2. The molecule has 0 aliphatic rings. The second-order valence-corrected chi connectivity index (χ2v) is 1.99. The highest BCUT2D eigenvalue weighted by atomic mass is 32.1. The summed E-state index contributed by atoms with van der Waals surface area (Å²) in [5.41, 5.74) is 0. The molecule has 3 heteroatoms. The first-order chi connectivity index (χ1) is 3.29. The van der Waals surface area contributed by atoms with E-state index < -0.39 is 0 Å². The Bertz CT molecular complexity index is 144. The van der Waals surface area contributed by atoms with Crippen molar-refractivity contribution in [3.63, 3.8) is 0 Å². The number of halogens is 1. The quantitative estimate of drug-likeness (QED) is 0.548. The summed E-state index contributed by atoms with van der Waals surface area (Å²) >= 11 is 0.985. The van der Waals surface area contributed by atoms with Crippen molar-refractivity contribution in [2.24, 2.45) is 0 Å². The second kappa shape index (κ2) is 1.50. The summed E-state index contributed by atoms with van der Waals surface area (Å²) in [5, 5.41) is 9.70. The van der Waals surface area contributed by atoms with Crippen LogP contribution in [0.25, 0.3) is 0 Å². The first kappa shape index (κ1) is 4.59. The van der Waals surface area contributed by atoms with Gasteiger partial charge in [-0.3, -0.25) is 0 Å². The van der Waals surface area contributed by atoms with Gasteiger partial charge in [0.25, 0.3) is 0 Å². The summed E-state index contributed by atoms with van der Waals surface area (Å²) in [5.74, 6) is -0.373. The minimum absolute atomic E-state index is 0.0255. The third-order valence-corrected chi connectivity index (χ3v) is 1.26. The zero-order valence-electron chi connectivity index (χ0n) is 3.39. The number of thiophene rings is 1. The van der Waals surface area contributed by atoms with Gasteiger partial charge < -0.3 is 5.11 Å². The zero-order valence-corrected chi connectivity index (χ0v) is 4.20. The fourth-order valence-electron chi connectivity index (χ4n) is 0.303. The number of hydrogen-bond donors (Lipinski definition) is 1. The lowest BCUT2D eigenvalue weighted by molar-refractivity contribution is 0.487. The van der Waals surface area contributed by atoms with Crippen LogP contribution >= 0.6 is 11.3 Å². The van der Waals surface area contributed by atoms with Crippen LogP contribution < -0.4 is 0 Å². The van der Waals surface area contributed by atoms with Gasteiger partial charge in [-0.2, -0.15) is 0 Å². The summed E-state index contributed by atoms with van der Waals surface area (Å²) < 4.78 is 11.8. The molecule has 1 rings (SSSR count). The van der Waals surface area contributed by atoms with Gasteiger partial charge >= 0.3 is 0 Å². The molecule has 0 fully saturated rings. The van der Waals surface area contributed by atoms with E-state index in [-0.39, 0.29) is 10.9 Å². The molecule has 1 heterocycles. The molecule has 0 unspecified atom stereocenters. The van der Waals surface area contributed by atoms with Crippen molar-refractivity contribution in [3.05, 3.63) is 17.3 Å². The van der Waals surface area contributed by atoms with Gasteiger partial charge in [-0.05, 0) is 0 Å². The van der Waals surface area contributed by atoms with Crippen molar-refractivity contribution in [2.75, 3.05) is 0 Å². The van der Waals surface area contributed by atoms with Crippen LogP contribution in [-0.2, 0) is 0 Å². The molecule has 0 aromatic carbocycles. The molecule has 1 N–H and O–H groups in total. The maximum Gasteiger partial charge on any atom is 0.174 e. The number of aromatic hydroxyl groups is 1. The molecule has 0 bridgehead atoms. The summed E-state index contributed by atoms with van der Waals surface area (Å²) in [6.45, 7) is 0. The second-order valence-electron chi connectivity index (χ2n) is 1.10. The van der Waals surface area contributed by atoms with Crippen LogP contribution in [-0.4, -0.2) is 5.11 Å². The molecule has 7 heavy (non-hydrogen) atoms. The topological polar surface area (TPSA) is 20.2 Å². The smallest absolute Gasteiger partial charge is 0.174 e. The van der Waals surface area contributed by atoms with Crippen molar-refractivity contribution in [3.8, 4) is 5.06 Å². The molecule has 0 radical (unpaired) electrons. The SMILES string of the molecule is Oc1cc(F)cs1. The Kier molecular flexibility index (Phi) is 0.982. The van der Waals surface area contributed by atoms with Gasteiger partial charge in [-0.1, -0.05) is 0 Å². The van der Waals surface area contributed by atoms with E-state index in [1.165, 1.54) is 5.38 Å². The van der Waals surface area contributed by atoms with E-state index in [0.29, 0.717) is 0 Å². The Labute approximate surface area is 44.0 Å². The first-order valence-electron chi connectivity index (χ1n) is 1.72. The molecule has 0 amide bonds. The summed E-state index contributed by atoms with van der Waals surface area (Å²) in [7, 11) is 0. The van der Waals surface area contributed by atoms with Crippen molar-refractivity contribution < 1.29 is 9.50 Å². The first-order valence-corrected chi connectivity index (χ1v) is 2.60. The largest absolute Gasteiger partial charge is 0.499 e. The van der Waals surface area contributed by atoms with E-state index in [4.69, 9.17) is 5.11 Å². The summed E-state index contributed by atoms with van der Waals surface area (Å²) in [4.78, 5) is 0. The Morgan fingerprint density at radius 1 is 1.71 bits per heavy atom. The van der Waals surface area contributed by atoms with Gasteiger partial charge in [0.05, 0.1) is 0 Å². The van der Waals surface area contributed by atoms with Crippen LogP contribution in [0.5, 0.6) is 5.06 Å². The lowest BCUT2D eigenvalue weighted by atomic mass is 10.6. The third kappa shape index (κ3) is 0.899. The molecule has 0 aliphatic carbocycles. The summed E-state index contributed by atoms with van der Waals surface area (Å²) in [6, 6.07) is 1.07. The van der Waals surface area contributed by atoms with Gasteiger partial charge in [0.1, 0.15) is 5.82 Å². The average molecular weight is 118 g/mol. The molecular weight excluding hydrogens is 115 g/mol. The molecule has 0 spiro atoms. The molecule has 38 valence electrons. The van der Waals surface area contributed by atoms with Crippen LogP contribution in [0.15, 0.2) is 11.4 Å². The Hall–Kier alpha value is -0.570. The Morgan fingerprint density at radius 3 is 2.57 bits per heavy atom. The lowest BCUT2D eigenvalue weighted by Gasteiger charge is -1.68. The van der Waals surface area contributed by atoms with Crippen molar-refractivity contribution in [2.45, 2.75) is 0 Å². The molecule has 1 nitrogen and oxygen atoms in total. The van der Waals surface area contributed by atoms with Crippen LogP contribution in [0.1, 0.15) is 0 Å². The van der Waals surface area contributed by atoms with E-state index in [2.05, 4.69) is 0 Å². The molecule has 1 aromatic rings. The highest BCUT2D eigenvalue weighted by Crippen LogP contribution is 2.18. The predicted molar refractivity (Wildman–Crippen MR) is 25.9 cm³/mol. The molecule has 0 atom stereocenters. The van der Waals surface area contributed by atoms with Gasteiger partial charge in [0, 0.05) is 11.4 Å². The molecule has 0 saturated heterocycles. The summed E-state index contributed by atoms with van der Waals surface area (Å²) in [6.07, 6.45) is 0. The average Bonchev–Trinajstić information content (AvgIpc) is 1.87. The highest BCUT2D eigenvalue weighted by Gasteiger charge is 1.91. The van der Waals surface area contributed by atoms with Gasteiger partial charge in [0.2, 0.25) is 0 Å². The normalized spacial score (nSPS) is 9.29. The van der Waals surface area contributed by atoms with E-state index in [0.717, 1.165) is 17.4 Å². The van der Waals surface area contributed by atoms with Gasteiger partial charge in [-0.25, -0.2) is 4.39 Å². The minimum Gasteiger partial charge on any atom is -0.499 e. The van der Waals surface area contributed by atoms with E-state index in [9.17, 15) is 4.39 Å². The Balaban J connectivity index is 3.04. The Morgan fingerprint density at radius 2 is 2.43 bits per heavy atom. The molecular formula is C4H3FOS. The number of rotatable bonds is 0. The standard InChI is InChI=1S/C4H3FOS/c5-3-1-4(6)7-2-3/h1-2,6H. The van der Waals surface area contributed by atoms with Crippen LogP contribution in [0.2, 0.25) is 0 Å². The van der Waals surface area contributed by atoms with Crippen molar-refractivity contribution in [1.29, 1.82) is 0 Å². The van der Waals surface area contributed by atoms with E-state index in [1.807, 2.05) is 0 Å². The van der Waals surface area contributed by atoms with Crippen molar-refractivity contribution >= 4 is 11.3 Å². The minimum atomic E-state index is -0.373. The van der Waals surface area contributed by atoms with Crippen molar-refractivity contribution in [1.82, 2.24) is 0 Å². The highest BCUT2D eigenvalue weighted by molar-refractivity contribution is 7.11. The van der Waals surface area contributed by atoms with Gasteiger partial charge in [0.15, 0.2) is 5.06 Å². The zero-order chi connectivity index (χ0) is 5.28. The van der Waals surface area contributed by atoms with Crippen LogP contribution in [0.3, 0.4) is 0 Å². The van der Waals surface area contributed by atoms with Crippen LogP contribution in [0, 0.1) is 5.82 Å². The fraction of sp³-hybridized carbons (Fsp3) is 0. The molecule has 0 saturated carbocycles. The van der Waals surface area contributed by atoms with E-state index in [1.54, 1.807) is 0 Å². The third-order valence-electron chi connectivity index (χ3n) is 0.554. The molecule has 0 aliphatic heterocycles. The predicted octanol–water partition coefficient (Wildman–Crippen LogP) is 1.59. The lowest BCUT2D eigenvalue weighted by Crippen LogP contribution is -1.51. The molecule has 1 aromatic heterocycles. The maximum absolute atomic E-state index is 11.8. The maximum atomic E-state index is 11.8. The van der Waals surface area contributed by atoms with Gasteiger partial charge in [-0.15, -0.1) is 11.3 Å². The monoisotopic (exact) mass is 118 g/mol. The fourth-order valence-corrected chi connectivity index (χ4v) is 0.785. The van der Waals surface area contributed by atoms with Crippen LogP contribution in [0.4, 0.5) is 4.39 Å². The van der Waals surface area contributed by atoms with E-state index >= 15 is 0 Å².